The number of aromatic nitrogens is 1. The molecule has 2 atom stereocenters. The summed E-state index contributed by atoms with van der Waals surface area (Å²) in [5.41, 5.74) is 2.28. The van der Waals surface area contributed by atoms with Crippen molar-refractivity contribution in [3.8, 4) is 6.07 Å². The molecular weight excluding hydrogens is 220 g/mol. The van der Waals surface area contributed by atoms with Gasteiger partial charge in [-0.2, -0.15) is 5.26 Å². The Morgan fingerprint density at radius 3 is 2.56 bits per heavy atom. The fourth-order valence-corrected chi connectivity index (χ4v) is 2.19. The lowest BCUT2D eigenvalue weighted by atomic mass is 9.85. The molecule has 1 aromatic heterocycles. The van der Waals surface area contributed by atoms with Crippen LogP contribution in [0.15, 0.2) is 54.9 Å². The highest BCUT2D eigenvalue weighted by Gasteiger charge is 2.19. The zero-order chi connectivity index (χ0) is 12.8. The van der Waals surface area contributed by atoms with E-state index in [1.165, 1.54) is 5.56 Å². The van der Waals surface area contributed by atoms with Crippen molar-refractivity contribution in [3.63, 3.8) is 0 Å². The highest BCUT2D eigenvalue weighted by Crippen LogP contribution is 2.26. The van der Waals surface area contributed by atoms with Gasteiger partial charge >= 0.3 is 0 Å². The number of rotatable bonds is 4. The first-order valence-electron chi connectivity index (χ1n) is 6.14. The fraction of sp³-hybridized carbons (Fsp3) is 0.250. The Kier molecular flexibility index (Phi) is 4.09. The van der Waals surface area contributed by atoms with Crippen molar-refractivity contribution in [1.29, 1.82) is 5.26 Å². The molecule has 2 rings (SSSR count). The van der Waals surface area contributed by atoms with Crippen molar-refractivity contribution in [2.24, 2.45) is 5.92 Å². The van der Waals surface area contributed by atoms with E-state index in [4.69, 9.17) is 0 Å². The average molecular weight is 236 g/mol. The highest BCUT2D eigenvalue weighted by atomic mass is 14.6. The van der Waals surface area contributed by atoms with Crippen LogP contribution in [0.1, 0.15) is 24.0 Å². The first-order chi connectivity index (χ1) is 8.81. The van der Waals surface area contributed by atoms with Crippen molar-refractivity contribution in [2.45, 2.75) is 19.3 Å². The van der Waals surface area contributed by atoms with E-state index in [0.717, 1.165) is 12.0 Å². The minimum atomic E-state index is -0.0982. The Labute approximate surface area is 108 Å². The molecular formula is C16H16N2. The first kappa shape index (κ1) is 12.3. The number of hydrogen-bond acceptors (Lipinski definition) is 2. The highest BCUT2D eigenvalue weighted by molar-refractivity contribution is 5.24. The lowest BCUT2D eigenvalue weighted by Crippen LogP contribution is -2.11. The monoisotopic (exact) mass is 236 g/mol. The van der Waals surface area contributed by atoms with Gasteiger partial charge in [-0.15, -0.1) is 0 Å². The molecule has 1 heterocycles. The maximum atomic E-state index is 9.35. The molecule has 0 saturated carbocycles. The summed E-state index contributed by atoms with van der Waals surface area (Å²) in [5.74, 6) is 0.181. The molecule has 18 heavy (non-hydrogen) atoms. The van der Waals surface area contributed by atoms with Crippen LogP contribution in [-0.4, -0.2) is 4.98 Å². The fourth-order valence-electron chi connectivity index (χ4n) is 2.19. The van der Waals surface area contributed by atoms with Crippen molar-refractivity contribution < 1.29 is 0 Å². The van der Waals surface area contributed by atoms with E-state index in [1.807, 2.05) is 30.3 Å². The Bertz CT molecular complexity index is 514. The van der Waals surface area contributed by atoms with Crippen LogP contribution in [0.2, 0.25) is 0 Å². The standard InChI is InChI=1S/C16H16N2/c1-13(10-14-6-3-2-4-7-14)16(11-17)15-8-5-9-18-12-15/h2-9,12-13,16H,10H2,1H3. The number of benzene rings is 1. The van der Waals surface area contributed by atoms with Crippen LogP contribution < -0.4 is 0 Å². The van der Waals surface area contributed by atoms with Gasteiger partial charge in [-0.3, -0.25) is 4.98 Å². The molecule has 0 aliphatic carbocycles. The van der Waals surface area contributed by atoms with E-state index in [1.54, 1.807) is 12.4 Å². The first-order valence-corrected chi connectivity index (χ1v) is 6.14. The van der Waals surface area contributed by atoms with E-state index in [9.17, 15) is 5.26 Å². The topological polar surface area (TPSA) is 36.7 Å². The second kappa shape index (κ2) is 5.97. The molecule has 0 amide bonds. The normalized spacial score (nSPS) is 13.6. The van der Waals surface area contributed by atoms with Gasteiger partial charge in [0.05, 0.1) is 12.0 Å². The number of pyridine rings is 1. The maximum absolute atomic E-state index is 9.35. The molecule has 0 saturated heterocycles. The third-order valence-electron chi connectivity index (χ3n) is 3.15. The molecule has 0 radical (unpaired) electrons. The lowest BCUT2D eigenvalue weighted by molar-refractivity contribution is 0.527. The van der Waals surface area contributed by atoms with Crippen molar-refractivity contribution in [1.82, 2.24) is 4.98 Å². The summed E-state index contributed by atoms with van der Waals surface area (Å²) in [6, 6.07) is 16.5. The van der Waals surface area contributed by atoms with E-state index in [-0.39, 0.29) is 11.8 Å². The van der Waals surface area contributed by atoms with Gasteiger partial charge in [0.25, 0.3) is 0 Å². The molecule has 0 fully saturated rings. The summed E-state index contributed by atoms with van der Waals surface area (Å²) in [5, 5.41) is 9.35. The molecule has 0 N–H and O–H groups in total. The summed E-state index contributed by atoms with van der Waals surface area (Å²) >= 11 is 0. The zero-order valence-corrected chi connectivity index (χ0v) is 10.5. The molecule has 0 aliphatic heterocycles. The second-order valence-electron chi connectivity index (χ2n) is 4.56. The quantitative estimate of drug-likeness (QED) is 0.813. The van der Waals surface area contributed by atoms with Gasteiger partial charge in [-0.1, -0.05) is 43.3 Å². The van der Waals surface area contributed by atoms with Crippen LogP contribution in [0, 0.1) is 17.2 Å². The van der Waals surface area contributed by atoms with Gasteiger partial charge < -0.3 is 0 Å². The zero-order valence-electron chi connectivity index (χ0n) is 10.5. The predicted molar refractivity (Wildman–Crippen MR) is 71.9 cm³/mol. The summed E-state index contributed by atoms with van der Waals surface area (Å²) in [6.45, 7) is 2.12. The van der Waals surface area contributed by atoms with Crippen LogP contribution in [0.4, 0.5) is 0 Å². The molecule has 2 nitrogen and oxygen atoms in total. The molecule has 2 heteroatoms. The molecule has 0 aliphatic rings. The minimum absolute atomic E-state index is 0.0982. The Hall–Kier alpha value is -2.14. The van der Waals surface area contributed by atoms with Crippen molar-refractivity contribution in [3.05, 3.63) is 66.0 Å². The SMILES string of the molecule is CC(Cc1ccccc1)C(C#N)c1cccnc1. The minimum Gasteiger partial charge on any atom is -0.264 e. The summed E-state index contributed by atoms with van der Waals surface area (Å²) in [7, 11) is 0. The molecule has 90 valence electrons. The Morgan fingerprint density at radius 1 is 1.17 bits per heavy atom. The number of hydrogen-bond donors (Lipinski definition) is 0. The van der Waals surface area contributed by atoms with E-state index in [0.29, 0.717) is 0 Å². The predicted octanol–water partition coefficient (Wildman–Crippen LogP) is 3.57. The molecule has 2 aromatic rings. The van der Waals surface area contributed by atoms with Gasteiger partial charge in [0.15, 0.2) is 0 Å². The summed E-state index contributed by atoms with van der Waals surface area (Å²) < 4.78 is 0. The molecule has 1 aromatic carbocycles. The molecule has 2 unspecified atom stereocenters. The largest absolute Gasteiger partial charge is 0.264 e. The third-order valence-corrected chi connectivity index (χ3v) is 3.15. The number of nitriles is 1. The van der Waals surface area contributed by atoms with Crippen LogP contribution in [0.3, 0.4) is 0 Å². The maximum Gasteiger partial charge on any atom is 0.0756 e. The molecule has 0 bridgehead atoms. The van der Waals surface area contributed by atoms with Crippen LogP contribution in [0.25, 0.3) is 0 Å². The van der Waals surface area contributed by atoms with Crippen LogP contribution in [0.5, 0.6) is 0 Å². The average Bonchev–Trinajstić information content (AvgIpc) is 2.42. The van der Waals surface area contributed by atoms with Gasteiger partial charge in [0.1, 0.15) is 0 Å². The second-order valence-corrected chi connectivity index (χ2v) is 4.56. The van der Waals surface area contributed by atoms with E-state index in [2.05, 4.69) is 30.1 Å². The van der Waals surface area contributed by atoms with E-state index < -0.39 is 0 Å². The Morgan fingerprint density at radius 2 is 1.94 bits per heavy atom. The Balaban J connectivity index is 2.12. The van der Waals surface area contributed by atoms with Crippen molar-refractivity contribution >= 4 is 0 Å². The summed E-state index contributed by atoms with van der Waals surface area (Å²) in [6.07, 6.45) is 4.43. The summed E-state index contributed by atoms with van der Waals surface area (Å²) in [4.78, 5) is 4.09. The molecule has 0 spiro atoms. The third kappa shape index (κ3) is 2.95. The van der Waals surface area contributed by atoms with Gasteiger partial charge in [0.2, 0.25) is 0 Å². The van der Waals surface area contributed by atoms with Crippen LogP contribution >= 0.6 is 0 Å². The van der Waals surface area contributed by atoms with Gasteiger partial charge in [-0.25, -0.2) is 0 Å². The lowest BCUT2D eigenvalue weighted by Gasteiger charge is -2.17. The van der Waals surface area contributed by atoms with Crippen molar-refractivity contribution in [2.75, 3.05) is 0 Å². The van der Waals surface area contributed by atoms with Gasteiger partial charge in [-0.05, 0) is 29.5 Å². The van der Waals surface area contributed by atoms with Gasteiger partial charge in [0, 0.05) is 12.4 Å². The van der Waals surface area contributed by atoms with E-state index >= 15 is 0 Å². The van der Waals surface area contributed by atoms with Crippen LogP contribution in [-0.2, 0) is 6.42 Å². The smallest absolute Gasteiger partial charge is 0.0756 e. The number of nitrogens with zero attached hydrogens (tertiary/aromatic N) is 2.